The van der Waals surface area contributed by atoms with E-state index in [1.54, 1.807) is 0 Å². The molecule has 1 aliphatic rings. The Kier molecular flexibility index (Phi) is 5.83. The number of nitrogens with zero attached hydrogens (tertiary/aromatic N) is 1. The van der Waals surface area contributed by atoms with E-state index >= 15 is 0 Å². The monoisotopic (exact) mass is 279 g/mol. The minimum absolute atomic E-state index is 0.349. The van der Waals surface area contributed by atoms with E-state index in [-0.39, 0.29) is 0 Å². The van der Waals surface area contributed by atoms with E-state index < -0.39 is 5.60 Å². The molecule has 1 N–H and O–H groups in total. The second kappa shape index (κ2) is 7.62. The van der Waals surface area contributed by atoms with Gasteiger partial charge in [-0.05, 0) is 38.4 Å². The fraction of sp³-hybridized carbons (Fsp3) is 0.625. The quantitative estimate of drug-likeness (QED) is 0.774. The van der Waals surface area contributed by atoms with Crippen molar-refractivity contribution in [2.75, 3.05) is 39.5 Å². The topological polar surface area (TPSA) is 41.9 Å². The molecule has 0 aromatic heterocycles. The molecule has 112 valence electrons. The van der Waals surface area contributed by atoms with Crippen molar-refractivity contribution in [2.24, 2.45) is 0 Å². The zero-order valence-corrected chi connectivity index (χ0v) is 12.3. The van der Waals surface area contributed by atoms with Crippen molar-refractivity contribution in [3.05, 3.63) is 30.3 Å². The normalized spacial score (nSPS) is 23.7. The van der Waals surface area contributed by atoms with E-state index in [4.69, 9.17) is 9.47 Å². The Bertz CT molecular complexity index is 385. The molecule has 1 fully saturated rings. The molecule has 0 unspecified atom stereocenters. The van der Waals surface area contributed by atoms with E-state index in [2.05, 4.69) is 4.90 Å². The first-order chi connectivity index (χ1) is 9.72. The summed E-state index contributed by atoms with van der Waals surface area (Å²) in [7, 11) is 0. The second-order valence-corrected chi connectivity index (χ2v) is 5.40. The molecule has 1 aromatic carbocycles. The lowest BCUT2D eigenvalue weighted by atomic mass is 9.94. The molecule has 1 atom stereocenters. The second-order valence-electron chi connectivity index (χ2n) is 5.40. The third kappa shape index (κ3) is 4.78. The first kappa shape index (κ1) is 15.3. The van der Waals surface area contributed by atoms with Crippen LogP contribution < -0.4 is 4.74 Å². The number of para-hydroxylation sites is 1. The lowest BCUT2D eigenvalue weighted by Crippen LogP contribution is -2.52. The highest BCUT2D eigenvalue weighted by Crippen LogP contribution is 2.22. The molecular formula is C16H25NO3. The van der Waals surface area contributed by atoms with Crippen LogP contribution in [0.5, 0.6) is 5.75 Å². The van der Waals surface area contributed by atoms with Gasteiger partial charge in [-0.15, -0.1) is 0 Å². The van der Waals surface area contributed by atoms with Gasteiger partial charge in [-0.2, -0.15) is 0 Å². The number of hydrogen-bond acceptors (Lipinski definition) is 4. The summed E-state index contributed by atoms with van der Waals surface area (Å²) in [6.45, 7) is 6.39. The Hall–Kier alpha value is -1.10. The molecule has 0 radical (unpaired) electrons. The van der Waals surface area contributed by atoms with Gasteiger partial charge in [0.2, 0.25) is 0 Å². The first-order valence-electron chi connectivity index (χ1n) is 7.42. The fourth-order valence-electron chi connectivity index (χ4n) is 2.59. The van der Waals surface area contributed by atoms with E-state index in [1.807, 2.05) is 37.3 Å². The first-order valence-corrected chi connectivity index (χ1v) is 7.42. The van der Waals surface area contributed by atoms with Gasteiger partial charge in [0.25, 0.3) is 0 Å². The van der Waals surface area contributed by atoms with Gasteiger partial charge in [0, 0.05) is 19.7 Å². The van der Waals surface area contributed by atoms with Gasteiger partial charge < -0.3 is 14.6 Å². The summed E-state index contributed by atoms with van der Waals surface area (Å²) in [5.41, 5.74) is -0.750. The molecule has 1 saturated heterocycles. The zero-order chi connectivity index (χ0) is 14.3. The molecule has 0 spiro atoms. The van der Waals surface area contributed by atoms with Crippen LogP contribution in [0.2, 0.25) is 0 Å². The predicted octanol–water partition coefficient (Wildman–Crippen LogP) is 1.93. The lowest BCUT2D eigenvalue weighted by Gasteiger charge is -2.38. The van der Waals surface area contributed by atoms with E-state index in [9.17, 15) is 5.11 Å². The third-order valence-corrected chi connectivity index (χ3v) is 3.64. The smallest absolute Gasteiger partial charge is 0.119 e. The third-order valence-electron chi connectivity index (χ3n) is 3.64. The molecule has 1 aliphatic heterocycles. The van der Waals surface area contributed by atoms with Crippen molar-refractivity contribution in [3.8, 4) is 5.75 Å². The molecule has 0 amide bonds. The SMILES string of the molecule is CCOCCN1CCC[C@](O)(COc2ccccc2)C1. The number of rotatable bonds is 7. The van der Waals surface area contributed by atoms with Gasteiger partial charge in [0.05, 0.1) is 6.61 Å². The lowest BCUT2D eigenvalue weighted by molar-refractivity contribution is -0.0641. The van der Waals surface area contributed by atoms with Crippen LogP contribution in [0, 0.1) is 0 Å². The number of hydrogen-bond donors (Lipinski definition) is 1. The van der Waals surface area contributed by atoms with Crippen molar-refractivity contribution in [1.29, 1.82) is 0 Å². The number of aliphatic hydroxyl groups is 1. The Morgan fingerprint density at radius 2 is 2.10 bits per heavy atom. The summed E-state index contributed by atoms with van der Waals surface area (Å²) in [4.78, 5) is 2.26. The zero-order valence-electron chi connectivity index (χ0n) is 12.3. The number of β-amino-alcohol motifs (C(OH)–C–C–N with tert-alkyl or cyclic N) is 1. The minimum atomic E-state index is -0.750. The number of likely N-dealkylation sites (tertiary alicyclic amines) is 1. The van der Waals surface area contributed by atoms with Crippen molar-refractivity contribution >= 4 is 0 Å². The summed E-state index contributed by atoms with van der Waals surface area (Å²) in [6.07, 6.45) is 1.80. The largest absolute Gasteiger partial charge is 0.491 e. The minimum Gasteiger partial charge on any atom is -0.491 e. The van der Waals surface area contributed by atoms with Crippen LogP contribution in [0.15, 0.2) is 30.3 Å². The highest BCUT2D eigenvalue weighted by atomic mass is 16.5. The Morgan fingerprint density at radius 3 is 2.85 bits per heavy atom. The van der Waals surface area contributed by atoms with Crippen molar-refractivity contribution < 1.29 is 14.6 Å². The fourth-order valence-corrected chi connectivity index (χ4v) is 2.59. The molecule has 0 saturated carbocycles. The summed E-state index contributed by atoms with van der Waals surface area (Å²) < 4.78 is 11.1. The molecule has 20 heavy (non-hydrogen) atoms. The maximum atomic E-state index is 10.7. The predicted molar refractivity (Wildman–Crippen MR) is 79.1 cm³/mol. The molecular weight excluding hydrogens is 254 g/mol. The van der Waals surface area contributed by atoms with Crippen LogP contribution >= 0.6 is 0 Å². The summed E-state index contributed by atoms with van der Waals surface area (Å²) in [6, 6.07) is 9.67. The van der Waals surface area contributed by atoms with Crippen LogP contribution in [-0.2, 0) is 4.74 Å². The number of benzene rings is 1. The summed E-state index contributed by atoms with van der Waals surface area (Å²) >= 11 is 0. The van der Waals surface area contributed by atoms with E-state index in [0.717, 1.165) is 44.9 Å². The Balaban J connectivity index is 1.79. The van der Waals surface area contributed by atoms with Crippen LogP contribution in [0.1, 0.15) is 19.8 Å². The van der Waals surface area contributed by atoms with Crippen LogP contribution in [-0.4, -0.2) is 55.1 Å². The molecule has 1 aromatic rings. The molecule has 0 aliphatic carbocycles. The van der Waals surface area contributed by atoms with Crippen LogP contribution in [0.3, 0.4) is 0 Å². The summed E-state index contributed by atoms with van der Waals surface area (Å²) in [5, 5.41) is 10.7. The van der Waals surface area contributed by atoms with Gasteiger partial charge >= 0.3 is 0 Å². The Labute approximate surface area is 121 Å². The van der Waals surface area contributed by atoms with Gasteiger partial charge in [-0.3, -0.25) is 4.90 Å². The van der Waals surface area contributed by atoms with Crippen LogP contribution in [0.25, 0.3) is 0 Å². The number of piperidine rings is 1. The van der Waals surface area contributed by atoms with Crippen molar-refractivity contribution in [3.63, 3.8) is 0 Å². The van der Waals surface area contributed by atoms with Gasteiger partial charge in [-0.1, -0.05) is 18.2 Å². The molecule has 4 heteroatoms. The maximum absolute atomic E-state index is 10.7. The standard InChI is InChI=1S/C16H25NO3/c1-2-19-12-11-17-10-6-9-16(18,13-17)14-20-15-7-4-3-5-8-15/h3-5,7-8,18H,2,6,9-14H2,1H3/t16-/m1/s1. The van der Waals surface area contributed by atoms with Crippen LogP contribution in [0.4, 0.5) is 0 Å². The van der Waals surface area contributed by atoms with Gasteiger partial charge in [-0.25, -0.2) is 0 Å². The molecule has 1 heterocycles. The van der Waals surface area contributed by atoms with Crippen molar-refractivity contribution in [2.45, 2.75) is 25.4 Å². The average molecular weight is 279 g/mol. The number of ether oxygens (including phenoxy) is 2. The Morgan fingerprint density at radius 1 is 1.30 bits per heavy atom. The van der Waals surface area contributed by atoms with E-state index in [0.29, 0.717) is 13.2 Å². The van der Waals surface area contributed by atoms with Crippen molar-refractivity contribution in [1.82, 2.24) is 4.90 Å². The molecule has 2 rings (SSSR count). The molecule has 4 nitrogen and oxygen atoms in total. The summed E-state index contributed by atoms with van der Waals surface area (Å²) in [5.74, 6) is 0.812. The van der Waals surface area contributed by atoms with E-state index in [1.165, 1.54) is 0 Å². The highest BCUT2D eigenvalue weighted by Gasteiger charge is 2.33. The van der Waals surface area contributed by atoms with Gasteiger partial charge in [0.15, 0.2) is 0 Å². The van der Waals surface area contributed by atoms with Gasteiger partial charge in [0.1, 0.15) is 18.0 Å². The molecule has 0 bridgehead atoms. The maximum Gasteiger partial charge on any atom is 0.119 e. The highest BCUT2D eigenvalue weighted by molar-refractivity contribution is 5.21. The average Bonchev–Trinajstić information content (AvgIpc) is 2.47.